The van der Waals surface area contributed by atoms with E-state index < -0.39 is 0 Å². The van der Waals surface area contributed by atoms with E-state index in [0.29, 0.717) is 17.3 Å². The number of benzene rings is 1. The quantitative estimate of drug-likeness (QED) is 0.695. The smallest absolute Gasteiger partial charge is 0.180 e. The summed E-state index contributed by atoms with van der Waals surface area (Å²) in [6, 6.07) is 7.59. The molecule has 0 fully saturated rings. The van der Waals surface area contributed by atoms with E-state index in [9.17, 15) is 0 Å². The number of anilines is 1. The second kappa shape index (κ2) is 7.59. The molecule has 3 rings (SSSR count). The molecule has 0 aliphatic heterocycles. The number of hydrogen-bond donors (Lipinski definition) is 1. The number of hydrogen-bond acceptors (Lipinski definition) is 5. The highest BCUT2D eigenvalue weighted by Crippen LogP contribution is 2.30. The maximum Gasteiger partial charge on any atom is 0.180 e. The molecule has 0 bridgehead atoms. The molecule has 128 valence electrons. The average Bonchev–Trinajstić information content (AvgIpc) is 3.02. The van der Waals surface area contributed by atoms with Gasteiger partial charge in [0.05, 0.1) is 26.2 Å². The van der Waals surface area contributed by atoms with Gasteiger partial charge in [-0.15, -0.1) is 12.4 Å². The Labute approximate surface area is 151 Å². The normalized spacial score (nSPS) is 10.3. The van der Waals surface area contributed by atoms with E-state index in [2.05, 4.69) is 19.9 Å². The Balaban J connectivity index is 0.00000208. The highest BCUT2D eigenvalue weighted by Gasteiger charge is 2.14. The van der Waals surface area contributed by atoms with Gasteiger partial charge in [0.25, 0.3) is 0 Å². The van der Waals surface area contributed by atoms with Gasteiger partial charge in [-0.1, -0.05) is 11.6 Å². The zero-order valence-corrected chi connectivity index (χ0v) is 15.1. The van der Waals surface area contributed by atoms with Gasteiger partial charge < -0.3 is 19.4 Å². The van der Waals surface area contributed by atoms with Crippen LogP contribution < -0.4 is 14.4 Å². The average molecular weight is 369 g/mol. The van der Waals surface area contributed by atoms with E-state index in [1.54, 1.807) is 20.5 Å². The predicted molar refractivity (Wildman–Crippen MR) is 97.8 cm³/mol. The topological polar surface area (TPSA) is 63.3 Å². The lowest BCUT2D eigenvalue weighted by atomic mass is 10.1. The molecule has 0 amide bonds. The third-order valence-electron chi connectivity index (χ3n) is 3.66. The van der Waals surface area contributed by atoms with Gasteiger partial charge in [0.1, 0.15) is 22.2 Å². The third kappa shape index (κ3) is 3.49. The Hall–Kier alpha value is -2.18. The van der Waals surface area contributed by atoms with Crippen molar-refractivity contribution in [2.24, 2.45) is 0 Å². The standard InChI is InChI=1S/C16H17ClN4O2.ClH/c1-21(8-10-4-5-11(22-2)6-13(10)23-3)12-7-14(17)20-16-15(12)18-9-19-16;/h4-7,9H,8H2,1-3H3,(H,18,19,20);1H. The number of nitrogens with one attached hydrogen (secondary N) is 1. The molecule has 2 heterocycles. The monoisotopic (exact) mass is 368 g/mol. The lowest BCUT2D eigenvalue weighted by Gasteiger charge is -2.21. The molecular formula is C16H18Cl2N4O2. The molecule has 2 aromatic heterocycles. The Morgan fingerprint density at radius 3 is 2.71 bits per heavy atom. The van der Waals surface area contributed by atoms with Crippen LogP contribution in [0.3, 0.4) is 0 Å². The Morgan fingerprint density at radius 1 is 1.21 bits per heavy atom. The van der Waals surface area contributed by atoms with Crippen molar-refractivity contribution < 1.29 is 9.47 Å². The SMILES string of the molecule is COc1ccc(CN(C)c2cc(Cl)nc3nc[nH]c23)c(OC)c1.Cl. The minimum Gasteiger partial charge on any atom is -0.497 e. The van der Waals surface area contributed by atoms with Gasteiger partial charge in [-0.2, -0.15) is 0 Å². The fourth-order valence-corrected chi connectivity index (χ4v) is 2.69. The minimum atomic E-state index is 0. The number of halogens is 2. The van der Waals surface area contributed by atoms with Crippen LogP contribution in [0.15, 0.2) is 30.6 Å². The zero-order valence-electron chi connectivity index (χ0n) is 13.5. The number of aromatic nitrogens is 3. The fourth-order valence-electron chi connectivity index (χ4n) is 2.50. The third-order valence-corrected chi connectivity index (χ3v) is 3.85. The van der Waals surface area contributed by atoms with Crippen molar-refractivity contribution in [3.05, 3.63) is 41.3 Å². The minimum absolute atomic E-state index is 0. The van der Waals surface area contributed by atoms with Crippen LogP contribution in [0.1, 0.15) is 5.56 Å². The second-order valence-electron chi connectivity index (χ2n) is 5.10. The first-order valence-corrected chi connectivity index (χ1v) is 7.42. The van der Waals surface area contributed by atoms with E-state index in [-0.39, 0.29) is 12.4 Å². The fraction of sp³-hybridized carbons (Fsp3) is 0.250. The van der Waals surface area contributed by atoms with Gasteiger partial charge in [-0.25, -0.2) is 9.97 Å². The molecule has 1 N–H and O–H groups in total. The molecule has 3 aromatic rings. The van der Waals surface area contributed by atoms with Crippen LogP contribution in [0.2, 0.25) is 5.15 Å². The highest BCUT2D eigenvalue weighted by molar-refractivity contribution is 6.30. The van der Waals surface area contributed by atoms with Crippen molar-refractivity contribution in [2.75, 3.05) is 26.2 Å². The summed E-state index contributed by atoms with van der Waals surface area (Å²) < 4.78 is 10.7. The van der Waals surface area contributed by atoms with Crippen LogP contribution in [0.25, 0.3) is 11.2 Å². The molecule has 0 aliphatic rings. The van der Waals surface area contributed by atoms with Gasteiger partial charge in [0.2, 0.25) is 0 Å². The van der Waals surface area contributed by atoms with Gasteiger partial charge in [0.15, 0.2) is 5.65 Å². The summed E-state index contributed by atoms with van der Waals surface area (Å²) in [6.07, 6.45) is 1.61. The second-order valence-corrected chi connectivity index (χ2v) is 5.49. The Bertz CT molecular complexity index is 838. The number of methoxy groups -OCH3 is 2. The largest absolute Gasteiger partial charge is 0.497 e. The molecule has 0 unspecified atom stereocenters. The van der Waals surface area contributed by atoms with Crippen LogP contribution in [-0.2, 0) is 6.54 Å². The van der Waals surface area contributed by atoms with Crippen LogP contribution in [0, 0.1) is 0 Å². The van der Waals surface area contributed by atoms with Crippen LogP contribution in [-0.4, -0.2) is 36.2 Å². The summed E-state index contributed by atoms with van der Waals surface area (Å²) >= 11 is 6.09. The van der Waals surface area contributed by atoms with Crippen LogP contribution >= 0.6 is 24.0 Å². The first-order chi connectivity index (χ1) is 11.1. The van der Waals surface area contributed by atoms with E-state index in [1.807, 2.05) is 31.3 Å². The van der Waals surface area contributed by atoms with Gasteiger partial charge in [0, 0.05) is 31.3 Å². The van der Waals surface area contributed by atoms with Crippen molar-refractivity contribution in [3.63, 3.8) is 0 Å². The molecule has 0 atom stereocenters. The maximum absolute atomic E-state index is 6.09. The maximum atomic E-state index is 6.09. The van der Waals surface area contributed by atoms with Crippen molar-refractivity contribution in [2.45, 2.75) is 6.54 Å². The van der Waals surface area contributed by atoms with Crippen LogP contribution in [0.4, 0.5) is 5.69 Å². The van der Waals surface area contributed by atoms with Gasteiger partial charge in [-0.05, 0) is 12.1 Å². The number of ether oxygens (including phenoxy) is 2. The number of pyridine rings is 1. The summed E-state index contributed by atoms with van der Waals surface area (Å²) in [5.74, 6) is 1.54. The number of aromatic amines is 1. The van der Waals surface area contributed by atoms with Crippen molar-refractivity contribution >= 4 is 40.9 Å². The number of rotatable bonds is 5. The molecule has 0 spiro atoms. The molecule has 0 saturated carbocycles. The number of nitrogens with zero attached hydrogens (tertiary/aromatic N) is 3. The molecule has 0 radical (unpaired) electrons. The summed E-state index contributed by atoms with van der Waals surface area (Å²) in [4.78, 5) is 13.5. The molecule has 24 heavy (non-hydrogen) atoms. The number of H-pyrrole nitrogens is 1. The van der Waals surface area contributed by atoms with Crippen molar-refractivity contribution in [1.29, 1.82) is 0 Å². The lowest BCUT2D eigenvalue weighted by Crippen LogP contribution is -2.17. The predicted octanol–water partition coefficient (Wildman–Crippen LogP) is 3.69. The zero-order chi connectivity index (χ0) is 16.4. The summed E-state index contributed by atoms with van der Waals surface area (Å²) in [5.41, 5.74) is 3.41. The summed E-state index contributed by atoms with van der Waals surface area (Å²) in [5, 5.41) is 0.410. The molecule has 0 saturated heterocycles. The van der Waals surface area contributed by atoms with Crippen LogP contribution in [0.5, 0.6) is 11.5 Å². The van der Waals surface area contributed by atoms with Crippen molar-refractivity contribution in [1.82, 2.24) is 15.0 Å². The molecule has 6 nitrogen and oxygen atoms in total. The van der Waals surface area contributed by atoms with Gasteiger partial charge in [-0.3, -0.25) is 0 Å². The molecular weight excluding hydrogens is 351 g/mol. The van der Waals surface area contributed by atoms with E-state index in [1.165, 1.54) is 0 Å². The van der Waals surface area contributed by atoms with E-state index in [0.717, 1.165) is 28.3 Å². The molecule has 1 aromatic carbocycles. The van der Waals surface area contributed by atoms with Crippen molar-refractivity contribution in [3.8, 4) is 11.5 Å². The lowest BCUT2D eigenvalue weighted by molar-refractivity contribution is 0.391. The Morgan fingerprint density at radius 2 is 2.00 bits per heavy atom. The highest BCUT2D eigenvalue weighted by atomic mass is 35.5. The number of fused-ring (bicyclic) bond motifs is 1. The van der Waals surface area contributed by atoms with E-state index in [4.69, 9.17) is 21.1 Å². The first kappa shape index (κ1) is 18.2. The Kier molecular flexibility index (Phi) is 5.75. The molecule has 0 aliphatic carbocycles. The first-order valence-electron chi connectivity index (χ1n) is 7.04. The van der Waals surface area contributed by atoms with Gasteiger partial charge >= 0.3 is 0 Å². The summed E-state index contributed by atoms with van der Waals surface area (Å²) in [6.45, 7) is 0.641. The summed E-state index contributed by atoms with van der Waals surface area (Å²) in [7, 11) is 5.26. The molecule has 8 heteroatoms. The number of imidazole rings is 1. The van der Waals surface area contributed by atoms with E-state index >= 15 is 0 Å².